The molecule has 0 aliphatic rings. The van der Waals surface area contributed by atoms with E-state index in [0.717, 1.165) is 11.8 Å². The number of furan rings is 1. The number of ether oxygens (including phenoxy) is 1. The molecule has 2 aromatic heterocycles. The van der Waals surface area contributed by atoms with Gasteiger partial charge in [0.2, 0.25) is 0 Å². The van der Waals surface area contributed by atoms with Crippen molar-refractivity contribution in [3.63, 3.8) is 0 Å². The van der Waals surface area contributed by atoms with Crippen molar-refractivity contribution in [3.05, 3.63) is 76.9 Å². The third-order valence-electron chi connectivity index (χ3n) is 5.64. The highest BCUT2D eigenvalue weighted by Gasteiger charge is 2.22. The van der Waals surface area contributed by atoms with E-state index >= 15 is 0 Å². The summed E-state index contributed by atoms with van der Waals surface area (Å²) in [6, 6.07) is 13.2. The number of aromatic hydroxyl groups is 2. The molecule has 9 nitrogen and oxygen atoms in total. The van der Waals surface area contributed by atoms with E-state index in [2.05, 4.69) is 11.4 Å². The molecular formula is C25H21N3O6. The molecule has 34 heavy (non-hydrogen) atoms. The molecule has 0 spiro atoms. The normalized spacial score (nSPS) is 10.7. The highest BCUT2D eigenvalue weighted by atomic mass is 16.5. The molecule has 0 unspecified atom stereocenters. The van der Waals surface area contributed by atoms with E-state index in [1.807, 2.05) is 6.92 Å². The number of benzene rings is 2. The van der Waals surface area contributed by atoms with Crippen molar-refractivity contribution in [1.29, 1.82) is 5.26 Å². The number of fused-ring (bicyclic) bond motifs is 1. The number of carbonyl (C=O) groups excluding carboxylic acids is 2. The summed E-state index contributed by atoms with van der Waals surface area (Å²) in [7, 11) is 0. The van der Waals surface area contributed by atoms with E-state index in [4.69, 9.17) is 9.15 Å². The number of nitriles is 1. The van der Waals surface area contributed by atoms with Crippen LogP contribution in [0, 0.1) is 25.2 Å². The number of aromatic nitrogens is 1. The molecule has 3 N–H and O–H groups in total. The van der Waals surface area contributed by atoms with Crippen LogP contribution in [0.5, 0.6) is 11.5 Å². The monoisotopic (exact) mass is 459 g/mol. The average Bonchev–Trinajstić information content (AvgIpc) is 3.42. The van der Waals surface area contributed by atoms with Crippen LogP contribution in [0.2, 0.25) is 0 Å². The maximum Gasteiger partial charge on any atom is 0.342 e. The van der Waals surface area contributed by atoms with E-state index in [0.29, 0.717) is 28.8 Å². The molecule has 0 aliphatic carbocycles. The Kier molecular flexibility index (Phi) is 5.97. The van der Waals surface area contributed by atoms with Crippen molar-refractivity contribution >= 4 is 28.5 Å². The Morgan fingerprint density at radius 3 is 2.56 bits per heavy atom. The summed E-state index contributed by atoms with van der Waals surface area (Å²) < 4.78 is 12.2. The third kappa shape index (κ3) is 4.04. The number of hydrogen-bond acceptors (Lipinski definition) is 7. The lowest BCUT2D eigenvalue weighted by Gasteiger charge is -2.13. The molecule has 2 heterocycles. The number of phenolic OH excluding ortho intramolecular Hbond substituents is 2. The second-order valence-electron chi connectivity index (χ2n) is 7.67. The van der Waals surface area contributed by atoms with Crippen molar-refractivity contribution in [2.75, 3.05) is 11.9 Å². The minimum absolute atomic E-state index is 0.204. The Bertz CT molecular complexity index is 1440. The number of hydrogen-bond donors (Lipinski definition) is 3. The molecule has 2 aromatic carbocycles. The molecule has 172 valence electrons. The molecule has 0 bridgehead atoms. The summed E-state index contributed by atoms with van der Waals surface area (Å²) in [4.78, 5) is 25.1. The Hall–Kier alpha value is -4.71. The highest BCUT2D eigenvalue weighted by molar-refractivity contribution is 6.04. The van der Waals surface area contributed by atoms with Crippen LogP contribution >= 0.6 is 0 Å². The predicted octanol–water partition coefficient (Wildman–Crippen LogP) is 3.98. The van der Waals surface area contributed by atoms with Gasteiger partial charge in [0.15, 0.2) is 6.61 Å². The van der Waals surface area contributed by atoms with Crippen LogP contribution < -0.4 is 5.32 Å². The lowest BCUT2D eigenvalue weighted by Crippen LogP contribution is -2.23. The van der Waals surface area contributed by atoms with Crippen LogP contribution in [0.25, 0.3) is 10.8 Å². The SMILES string of the molecule is Cc1c(C#N)c(NC(=O)COC(=O)c2cc(O)c3ccccc3c2O)n(Cc2ccco2)c1C. The Balaban J connectivity index is 1.52. The first-order chi connectivity index (χ1) is 16.3. The molecule has 0 atom stereocenters. The van der Waals surface area contributed by atoms with Gasteiger partial charge in [0.1, 0.15) is 34.7 Å². The van der Waals surface area contributed by atoms with Crippen molar-refractivity contribution in [1.82, 2.24) is 4.57 Å². The van der Waals surface area contributed by atoms with Crippen LogP contribution in [0.1, 0.15) is 32.9 Å². The molecule has 0 radical (unpaired) electrons. The zero-order valence-corrected chi connectivity index (χ0v) is 18.5. The smallest absolute Gasteiger partial charge is 0.342 e. The van der Waals surface area contributed by atoms with Gasteiger partial charge in [0.05, 0.1) is 18.4 Å². The number of carbonyl (C=O) groups is 2. The standard InChI is InChI=1S/C25H21N3O6/c1-14-15(2)28(12-16-6-5-9-33-16)24(20(14)11-26)27-22(30)13-34-25(32)19-10-21(29)17-7-3-4-8-18(17)23(19)31/h3-10,29,31H,12-13H2,1-2H3,(H,27,30). The van der Waals surface area contributed by atoms with Gasteiger partial charge in [0.25, 0.3) is 5.91 Å². The molecule has 4 aromatic rings. The number of phenols is 2. The van der Waals surface area contributed by atoms with Gasteiger partial charge in [-0.3, -0.25) is 4.79 Å². The summed E-state index contributed by atoms with van der Waals surface area (Å²) in [5.41, 5.74) is 1.50. The van der Waals surface area contributed by atoms with E-state index in [-0.39, 0.29) is 28.3 Å². The third-order valence-corrected chi connectivity index (χ3v) is 5.64. The average molecular weight is 459 g/mol. The summed E-state index contributed by atoms with van der Waals surface area (Å²) >= 11 is 0. The van der Waals surface area contributed by atoms with E-state index in [9.17, 15) is 25.1 Å². The maximum absolute atomic E-state index is 12.6. The summed E-state index contributed by atoms with van der Waals surface area (Å²) in [6.45, 7) is 3.22. The van der Waals surface area contributed by atoms with Crippen molar-refractivity contribution in [2.24, 2.45) is 0 Å². The predicted molar refractivity (Wildman–Crippen MR) is 123 cm³/mol. The summed E-state index contributed by atoms with van der Waals surface area (Å²) in [6.07, 6.45) is 1.53. The van der Waals surface area contributed by atoms with Gasteiger partial charge in [-0.2, -0.15) is 5.26 Å². The molecule has 0 saturated carbocycles. The topological polar surface area (TPSA) is 138 Å². The second kappa shape index (κ2) is 9.03. The first-order valence-electron chi connectivity index (χ1n) is 10.3. The number of anilines is 1. The fourth-order valence-electron chi connectivity index (χ4n) is 3.76. The molecule has 4 rings (SSSR count). The molecule has 0 fully saturated rings. The van der Waals surface area contributed by atoms with Gasteiger partial charge in [-0.1, -0.05) is 24.3 Å². The van der Waals surface area contributed by atoms with Crippen LogP contribution in [0.4, 0.5) is 5.82 Å². The minimum atomic E-state index is -0.979. The zero-order valence-electron chi connectivity index (χ0n) is 18.5. The zero-order chi connectivity index (χ0) is 24.4. The molecule has 9 heteroatoms. The van der Waals surface area contributed by atoms with E-state index in [1.165, 1.54) is 6.26 Å². The van der Waals surface area contributed by atoms with Crippen molar-refractivity contribution in [2.45, 2.75) is 20.4 Å². The Morgan fingerprint density at radius 1 is 1.15 bits per heavy atom. The fourth-order valence-corrected chi connectivity index (χ4v) is 3.76. The van der Waals surface area contributed by atoms with Crippen LogP contribution in [0.3, 0.4) is 0 Å². The number of esters is 1. The van der Waals surface area contributed by atoms with Crippen LogP contribution in [-0.2, 0) is 16.1 Å². The largest absolute Gasteiger partial charge is 0.507 e. The van der Waals surface area contributed by atoms with Gasteiger partial charge in [-0.25, -0.2) is 4.79 Å². The maximum atomic E-state index is 12.6. The number of rotatable bonds is 6. The Labute approximate surface area is 194 Å². The van der Waals surface area contributed by atoms with Gasteiger partial charge < -0.3 is 29.3 Å². The summed E-state index contributed by atoms with van der Waals surface area (Å²) in [5.74, 6) is -1.31. The minimum Gasteiger partial charge on any atom is -0.507 e. The van der Waals surface area contributed by atoms with Gasteiger partial charge in [-0.15, -0.1) is 0 Å². The lowest BCUT2D eigenvalue weighted by molar-refractivity contribution is -0.119. The molecular weight excluding hydrogens is 438 g/mol. The van der Waals surface area contributed by atoms with Crippen molar-refractivity contribution in [3.8, 4) is 17.6 Å². The van der Waals surface area contributed by atoms with Crippen LogP contribution in [0.15, 0.2) is 53.1 Å². The van der Waals surface area contributed by atoms with Crippen molar-refractivity contribution < 1.29 is 29.0 Å². The summed E-state index contributed by atoms with van der Waals surface area (Å²) in [5, 5.41) is 33.5. The van der Waals surface area contributed by atoms with Crippen LogP contribution in [-0.4, -0.2) is 33.3 Å². The highest BCUT2D eigenvalue weighted by Crippen LogP contribution is 2.35. The Morgan fingerprint density at radius 2 is 1.88 bits per heavy atom. The first-order valence-corrected chi connectivity index (χ1v) is 10.3. The fraction of sp³-hybridized carbons (Fsp3) is 0.160. The van der Waals surface area contributed by atoms with Gasteiger partial charge in [-0.05, 0) is 37.6 Å². The lowest BCUT2D eigenvalue weighted by atomic mass is 10.0. The van der Waals surface area contributed by atoms with Gasteiger partial charge in [0, 0.05) is 16.5 Å². The van der Waals surface area contributed by atoms with E-state index < -0.39 is 18.5 Å². The first kappa shape index (κ1) is 22.5. The molecule has 1 amide bonds. The van der Waals surface area contributed by atoms with E-state index in [1.54, 1.807) is 47.9 Å². The quantitative estimate of drug-likeness (QED) is 0.293. The molecule has 0 saturated heterocycles. The number of nitrogens with one attached hydrogen (secondary N) is 1. The number of amides is 1. The second-order valence-corrected chi connectivity index (χ2v) is 7.67. The number of nitrogens with zero attached hydrogens (tertiary/aromatic N) is 2. The molecule has 0 aliphatic heterocycles. The van der Waals surface area contributed by atoms with Gasteiger partial charge >= 0.3 is 5.97 Å².